The average molecular weight is 213 g/mol. The van der Waals surface area contributed by atoms with Gasteiger partial charge in [0.25, 0.3) is 0 Å². The van der Waals surface area contributed by atoms with Crippen LogP contribution in [0.2, 0.25) is 0 Å². The zero-order chi connectivity index (χ0) is 11.4. The Kier molecular flexibility index (Phi) is 2.91. The maximum absolute atomic E-state index is 11.8. The number of pyridine rings is 2. The molecule has 2 aromatic rings. The van der Waals surface area contributed by atoms with Crippen LogP contribution in [0.5, 0.6) is 0 Å². The molecular weight excluding hydrogens is 202 g/mol. The largest absolute Gasteiger partial charge is 0.397 e. The second-order valence-corrected chi connectivity index (χ2v) is 3.44. The van der Waals surface area contributed by atoms with Crippen molar-refractivity contribution in [2.75, 3.05) is 5.73 Å². The molecule has 0 saturated heterocycles. The molecule has 80 valence electrons. The minimum absolute atomic E-state index is 0.0343. The first-order valence-corrected chi connectivity index (χ1v) is 4.89. The highest BCUT2D eigenvalue weighted by atomic mass is 16.1. The molecule has 0 radical (unpaired) electrons. The zero-order valence-electron chi connectivity index (χ0n) is 8.63. The van der Waals surface area contributed by atoms with Gasteiger partial charge in [-0.05, 0) is 23.8 Å². The number of nitrogens with two attached hydrogens (primary N) is 1. The number of hydrogen-bond donors (Lipinski definition) is 1. The summed E-state index contributed by atoms with van der Waals surface area (Å²) in [5.74, 6) is -0.0343. The van der Waals surface area contributed by atoms with Crippen molar-refractivity contribution in [3.8, 4) is 0 Å². The number of nitrogens with zero attached hydrogens (tertiary/aromatic N) is 2. The van der Waals surface area contributed by atoms with Crippen molar-refractivity contribution in [1.82, 2.24) is 9.97 Å². The Balaban J connectivity index is 2.12. The van der Waals surface area contributed by atoms with E-state index in [2.05, 4.69) is 9.97 Å². The topological polar surface area (TPSA) is 68.9 Å². The van der Waals surface area contributed by atoms with Crippen molar-refractivity contribution in [3.63, 3.8) is 0 Å². The molecule has 0 fully saturated rings. The van der Waals surface area contributed by atoms with Gasteiger partial charge in [0, 0.05) is 18.8 Å². The number of carbonyl (C=O) groups excluding carboxylic acids is 1. The quantitative estimate of drug-likeness (QED) is 0.784. The molecule has 16 heavy (non-hydrogen) atoms. The Bertz CT molecular complexity index is 479. The van der Waals surface area contributed by atoms with Gasteiger partial charge in [-0.1, -0.05) is 6.07 Å². The van der Waals surface area contributed by atoms with E-state index < -0.39 is 0 Å². The van der Waals surface area contributed by atoms with Crippen LogP contribution in [-0.4, -0.2) is 15.8 Å². The first-order valence-electron chi connectivity index (χ1n) is 4.89. The smallest absolute Gasteiger partial charge is 0.185 e. The van der Waals surface area contributed by atoms with E-state index in [-0.39, 0.29) is 5.78 Å². The van der Waals surface area contributed by atoms with Crippen LogP contribution in [0.15, 0.2) is 42.9 Å². The van der Waals surface area contributed by atoms with E-state index >= 15 is 0 Å². The SMILES string of the molecule is Nc1ccc(C(=O)Cc2cccnc2)nc1. The summed E-state index contributed by atoms with van der Waals surface area (Å²) in [6.45, 7) is 0. The Morgan fingerprint density at radius 2 is 2.12 bits per heavy atom. The fraction of sp³-hybridized carbons (Fsp3) is 0.0833. The minimum atomic E-state index is -0.0343. The molecule has 0 bridgehead atoms. The fourth-order valence-corrected chi connectivity index (χ4v) is 1.35. The second kappa shape index (κ2) is 4.53. The van der Waals surface area contributed by atoms with E-state index in [1.54, 1.807) is 30.6 Å². The van der Waals surface area contributed by atoms with Crippen LogP contribution >= 0.6 is 0 Å². The van der Waals surface area contributed by atoms with Crippen LogP contribution in [0.1, 0.15) is 16.1 Å². The molecule has 2 aromatic heterocycles. The number of anilines is 1. The Morgan fingerprint density at radius 1 is 1.25 bits per heavy atom. The van der Waals surface area contributed by atoms with Gasteiger partial charge in [0.2, 0.25) is 0 Å². The summed E-state index contributed by atoms with van der Waals surface area (Å²) in [5, 5.41) is 0. The predicted molar refractivity (Wildman–Crippen MR) is 60.9 cm³/mol. The van der Waals surface area contributed by atoms with Crippen molar-refractivity contribution in [2.45, 2.75) is 6.42 Å². The van der Waals surface area contributed by atoms with E-state index in [9.17, 15) is 4.79 Å². The zero-order valence-corrected chi connectivity index (χ0v) is 8.63. The van der Waals surface area contributed by atoms with Crippen molar-refractivity contribution in [3.05, 3.63) is 54.1 Å². The monoisotopic (exact) mass is 213 g/mol. The second-order valence-electron chi connectivity index (χ2n) is 3.44. The average Bonchev–Trinajstić information content (AvgIpc) is 2.31. The summed E-state index contributed by atoms with van der Waals surface area (Å²) in [7, 11) is 0. The van der Waals surface area contributed by atoms with E-state index in [1.165, 1.54) is 6.20 Å². The number of rotatable bonds is 3. The van der Waals surface area contributed by atoms with Crippen LogP contribution in [0.25, 0.3) is 0 Å². The van der Waals surface area contributed by atoms with Gasteiger partial charge in [-0.25, -0.2) is 0 Å². The van der Waals surface area contributed by atoms with E-state index in [4.69, 9.17) is 5.73 Å². The van der Waals surface area contributed by atoms with Crippen LogP contribution in [0.4, 0.5) is 5.69 Å². The number of ketones is 1. The highest BCUT2D eigenvalue weighted by Gasteiger charge is 2.07. The lowest BCUT2D eigenvalue weighted by molar-refractivity contribution is 0.0988. The molecule has 0 aliphatic rings. The summed E-state index contributed by atoms with van der Waals surface area (Å²) in [6.07, 6.45) is 5.14. The number of Topliss-reactive ketones (excluding diaryl/α,β-unsaturated/α-hetero) is 1. The molecule has 0 saturated carbocycles. The number of aromatic nitrogens is 2. The van der Waals surface area contributed by atoms with Crippen LogP contribution < -0.4 is 5.73 Å². The lowest BCUT2D eigenvalue weighted by atomic mass is 10.1. The van der Waals surface area contributed by atoms with Gasteiger partial charge in [0.15, 0.2) is 5.78 Å². The highest BCUT2D eigenvalue weighted by Crippen LogP contribution is 2.06. The summed E-state index contributed by atoms with van der Waals surface area (Å²) in [5.41, 5.74) is 7.36. The molecule has 0 spiro atoms. The number of hydrogen-bond acceptors (Lipinski definition) is 4. The van der Waals surface area contributed by atoms with E-state index in [1.807, 2.05) is 6.07 Å². The molecule has 0 aliphatic carbocycles. The van der Waals surface area contributed by atoms with Crippen molar-refractivity contribution in [2.24, 2.45) is 0 Å². The molecule has 0 aromatic carbocycles. The first-order chi connectivity index (χ1) is 7.75. The number of carbonyl (C=O) groups is 1. The fourth-order valence-electron chi connectivity index (χ4n) is 1.35. The molecule has 2 heterocycles. The maximum Gasteiger partial charge on any atom is 0.185 e. The van der Waals surface area contributed by atoms with Crippen LogP contribution in [-0.2, 0) is 6.42 Å². The molecular formula is C12H11N3O. The van der Waals surface area contributed by atoms with Gasteiger partial charge in [0.1, 0.15) is 5.69 Å². The van der Waals surface area contributed by atoms with Gasteiger partial charge in [-0.2, -0.15) is 0 Å². The van der Waals surface area contributed by atoms with E-state index in [0.29, 0.717) is 17.8 Å². The summed E-state index contributed by atoms with van der Waals surface area (Å²) in [6, 6.07) is 6.97. The Labute approximate surface area is 93.2 Å². The lowest BCUT2D eigenvalue weighted by Crippen LogP contribution is -2.06. The van der Waals surface area contributed by atoms with Gasteiger partial charge in [-0.15, -0.1) is 0 Å². The third kappa shape index (κ3) is 2.42. The van der Waals surface area contributed by atoms with Crippen molar-refractivity contribution >= 4 is 11.5 Å². The predicted octanol–water partition coefficient (Wildman–Crippen LogP) is 1.48. The summed E-state index contributed by atoms with van der Waals surface area (Å²) in [4.78, 5) is 19.7. The first kappa shape index (κ1) is 10.3. The Morgan fingerprint density at radius 3 is 2.75 bits per heavy atom. The normalized spacial score (nSPS) is 10.0. The molecule has 4 heteroatoms. The summed E-state index contributed by atoms with van der Waals surface area (Å²) >= 11 is 0. The van der Waals surface area contributed by atoms with Gasteiger partial charge < -0.3 is 5.73 Å². The molecule has 2 N–H and O–H groups in total. The van der Waals surface area contributed by atoms with Crippen LogP contribution in [0, 0.1) is 0 Å². The maximum atomic E-state index is 11.8. The van der Waals surface area contributed by atoms with Gasteiger partial charge in [0.05, 0.1) is 11.9 Å². The standard InChI is InChI=1S/C12H11N3O/c13-10-3-4-11(15-8-10)12(16)6-9-2-1-5-14-7-9/h1-5,7-8H,6,13H2. The molecule has 0 atom stereocenters. The van der Waals surface area contributed by atoms with Crippen molar-refractivity contribution in [1.29, 1.82) is 0 Å². The lowest BCUT2D eigenvalue weighted by Gasteiger charge is -2.00. The third-order valence-electron chi connectivity index (χ3n) is 2.16. The van der Waals surface area contributed by atoms with Crippen molar-refractivity contribution < 1.29 is 4.79 Å². The molecule has 4 nitrogen and oxygen atoms in total. The highest BCUT2D eigenvalue weighted by molar-refractivity contribution is 5.95. The minimum Gasteiger partial charge on any atom is -0.397 e. The summed E-state index contributed by atoms with van der Waals surface area (Å²) < 4.78 is 0. The Hall–Kier alpha value is -2.23. The molecule has 0 aliphatic heterocycles. The molecule has 0 amide bonds. The van der Waals surface area contributed by atoms with E-state index in [0.717, 1.165) is 5.56 Å². The van der Waals surface area contributed by atoms with Gasteiger partial charge >= 0.3 is 0 Å². The van der Waals surface area contributed by atoms with Gasteiger partial charge in [-0.3, -0.25) is 14.8 Å². The third-order valence-corrected chi connectivity index (χ3v) is 2.16. The molecule has 2 rings (SSSR count). The molecule has 0 unspecified atom stereocenters. The number of nitrogen functional groups attached to an aromatic ring is 1. The van der Waals surface area contributed by atoms with Crippen LogP contribution in [0.3, 0.4) is 0 Å².